The molecule has 1 aliphatic carbocycles. The summed E-state index contributed by atoms with van der Waals surface area (Å²) in [5, 5.41) is 11.2. The Hall–Kier alpha value is -0.940. The van der Waals surface area contributed by atoms with Crippen molar-refractivity contribution in [1.82, 2.24) is 20.3 Å². The molecule has 0 aliphatic heterocycles. The predicted octanol–water partition coefficient (Wildman–Crippen LogP) is 1.59. The van der Waals surface area contributed by atoms with Gasteiger partial charge in [0.25, 0.3) is 0 Å². The highest BCUT2D eigenvalue weighted by atomic mass is 16.5. The van der Waals surface area contributed by atoms with Crippen molar-refractivity contribution in [3.63, 3.8) is 0 Å². The molecule has 0 saturated heterocycles. The number of aromatic nitrogens is 3. The summed E-state index contributed by atoms with van der Waals surface area (Å²) in [6.07, 6.45) is 7.61. The third-order valence-electron chi connectivity index (χ3n) is 3.63. The van der Waals surface area contributed by atoms with Crippen LogP contribution in [-0.2, 0) is 17.8 Å². The summed E-state index contributed by atoms with van der Waals surface area (Å²) in [5.74, 6) is 0.703. The Kier molecular flexibility index (Phi) is 5.13. The van der Waals surface area contributed by atoms with Gasteiger partial charge in [0.1, 0.15) is 0 Å². The average Bonchev–Trinajstić information content (AvgIpc) is 2.80. The number of ether oxygens (including phenoxy) is 1. The monoisotopic (exact) mass is 252 g/mol. The zero-order valence-electron chi connectivity index (χ0n) is 11.4. The van der Waals surface area contributed by atoms with E-state index in [9.17, 15) is 0 Å². The second-order valence-corrected chi connectivity index (χ2v) is 5.17. The molecule has 1 fully saturated rings. The molecule has 18 heavy (non-hydrogen) atoms. The minimum atomic E-state index is 0.444. The summed E-state index contributed by atoms with van der Waals surface area (Å²) in [5.41, 5.74) is 0.975. The molecule has 1 saturated carbocycles. The van der Waals surface area contributed by atoms with Gasteiger partial charge in [-0.05, 0) is 25.8 Å². The minimum absolute atomic E-state index is 0.444. The SMILES string of the molecule is CNCc1cn(CCOC2CCCCC2C)nn1. The number of hydrogen-bond donors (Lipinski definition) is 1. The molecule has 1 heterocycles. The van der Waals surface area contributed by atoms with Gasteiger partial charge < -0.3 is 10.1 Å². The molecule has 2 atom stereocenters. The molecule has 2 rings (SSSR count). The lowest BCUT2D eigenvalue weighted by Crippen LogP contribution is -2.27. The molecular formula is C13H24N4O. The molecule has 1 aromatic heterocycles. The van der Waals surface area contributed by atoms with E-state index in [0.29, 0.717) is 12.0 Å². The van der Waals surface area contributed by atoms with Gasteiger partial charge in [-0.3, -0.25) is 0 Å². The number of hydrogen-bond acceptors (Lipinski definition) is 4. The quantitative estimate of drug-likeness (QED) is 0.835. The van der Waals surface area contributed by atoms with Crippen molar-refractivity contribution < 1.29 is 4.74 Å². The number of nitrogens with zero attached hydrogens (tertiary/aromatic N) is 3. The van der Waals surface area contributed by atoms with Gasteiger partial charge in [-0.2, -0.15) is 0 Å². The molecule has 0 spiro atoms. The van der Waals surface area contributed by atoms with E-state index in [0.717, 1.165) is 25.4 Å². The van der Waals surface area contributed by atoms with Crippen molar-refractivity contribution in [2.24, 2.45) is 5.92 Å². The lowest BCUT2D eigenvalue weighted by atomic mass is 9.88. The van der Waals surface area contributed by atoms with E-state index in [1.54, 1.807) is 0 Å². The van der Waals surface area contributed by atoms with Gasteiger partial charge in [0, 0.05) is 12.7 Å². The summed E-state index contributed by atoms with van der Waals surface area (Å²) in [6.45, 7) is 4.59. The summed E-state index contributed by atoms with van der Waals surface area (Å²) in [4.78, 5) is 0. The fourth-order valence-corrected chi connectivity index (χ4v) is 2.54. The van der Waals surface area contributed by atoms with Gasteiger partial charge in [-0.15, -0.1) is 5.10 Å². The Morgan fingerprint density at radius 1 is 1.44 bits per heavy atom. The molecular weight excluding hydrogens is 228 g/mol. The van der Waals surface area contributed by atoms with Gasteiger partial charge in [0.15, 0.2) is 0 Å². The molecule has 5 nitrogen and oxygen atoms in total. The van der Waals surface area contributed by atoms with Crippen LogP contribution in [0.2, 0.25) is 0 Å². The van der Waals surface area contributed by atoms with Crippen LogP contribution in [0.25, 0.3) is 0 Å². The third kappa shape index (κ3) is 3.78. The largest absolute Gasteiger partial charge is 0.376 e. The second kappa shape index (κ2) is 6.85. The minimum Gasteiger partial charge on any atom is -0.376 e. The van der Waals surface area contributed by atoms with Crippen molar-refractivity contribution in [1.29, 1.82) is 0 Å². The van der Waals surface area contributed by atoms with Crippen molar-refractivity contribution in [3.8, 4) is 0 Å². The lowest BCUT2D eigenvalue weighted by molar-refractivity contribution is -0.00944. The van der Waals surface area contributed by atoms with Crippen LogP contribution in [-0.4, -0.2) is 34.8 Å². The third-order valence-corrected chi connectivity index (χ3v) is 3.63. The predicted molar refractivity (Wildman–Crippen MR) is 70.2 cm³/mol. The maximum atomic E-state index is 5.96. The van der Waals surface area contributed by atoms with E-state index >= 15 is 0 Å². The van der Waals surface area contributed by atoms with Crippen LogP contribution < -0.4 is 5.32 Å². The zero-order valence-corrected chi connectivity index (χ0v) is 11.4. The van der Waals surface area contributed by atoms with Gasteiger partial charge in [-0.25, -0.2) is 4.68 Å². The van der Waals surface area contributed by atoms with Crippen LogP contribution in [0.5, 0.6) is 0 Å². The molecule has 0 aromatic carbocycles. The van der Waals surface area contributed by atoms with Crippen LogP contribution >= 0.6 is 0 Å². The number of rotatable bonds is 6. The topological polar surface area (TPSA) is 52.0 Å². The molecule has 1 N–H and O–H groups in total. The Balaban J connectivity index is 1.70. The van der Waals surface area contributed by atoms with E-state index in [-0.39, 0.29) is 0 Å². The highest BCUT2D eigenvalue weighted by molar-refractivity contribution is 4.90. The van der Waals surface area contributed by atoms with Crippen LogP contribution in [0.4, 0.5) is 0 Å². The smallest absolute Gasteiger partial charge is 0.0964 e. The second-order valence-electron chi connectivity index (χ2n) is 5.17. The molecule has 1 aromatic rings. The molecule has 5 heteroatoms. The highest BCUT2D eigenvalue weighted by Gasteiger charge is 2.21. The van der Waals surface area contributed by atoms with Crippen molar-refractivity contribution in [3.05, 3.63) is 11.9 Å². The van der Waals surface area contributed by atoms with Gasteiger partial charge in [0.2, 0.25) is 0 Å². The Labute approximate surface area is 109 Å². The van der Waals surface area contributed by atoms with E-state index in [2.05, 4.69) is 22.6 Å². The maximum Gasteiger partial charge on any atom is 0.0964 e. The maximum absolute atomic E-state index is 5.96. The molecule has 0 amide bonds. The van der Waals surface area contributed by atoms with E-state index in [1.807, 2.05) is 17.9 Å². The van der Waals surface area contributed by atoms with Crippen LogP contribution in [0.15, 0.2) is 6.20 Å². The highest BCUT2D eigenvalue weighted by Crippen LogP contribution is 2.26. The normalized spacial score (nSPS) is 24.3. The Bertz CT molecular complexity index is 353. The molecule has 0 bridgehead atoms. The fraction of sp³-hybridized carbons (Fsp3) is 0.846. The first-order chi connectivity index (χ1) is 8.79. The molecule has 102 valence electrons. The lowest BCUT2D eigenvalue weighted by Gasteiger charge is -2.28. The molecule has 0 radical (unpaired) electrons. The van der Waals surface area contributed by atoms with Gasteiger partial charge in [-0.1, -0.05) is 25.0 Å². The standard InChI is InChI=1S/C13H24N4O/c1-11-5-3-4-6-13(11)18-8-7-17-10-12(9-14-2)15-16-17/h10-11,13-14H,3-9H2,1-2H3. The Morgan fingerprint density at radius 3 is 3.06 bits per heavy atom. The molecule has 1 aliphatic rings. The van der Waals surface area contributed by atoms with E-state index < -0.39 is 0 Å². The van der Waals surface area contributed by atoms with Crippen molar-refractivity contribution >= 4 is 0 Å². The first-order valence-corrected chi connectivity index (χ1v) is 6.95. The van der Waals surface area contributed by atoms with Crippen LogP contribution in [0.3, 0.4) is 0 Å². The van der Waals surface area contributed by atoms with E-state index in [4.69, 9.17) is 4.74 Å². The van der Waals surface area contributed by atoms with E-state index in [1.165, 1.54) is 25.7 Å². The summed E-state index contributed by atoms with van der Waals surface area (Å²) >= 11 is 0. The van der Waals surface area contributed by atoms with Gasteiger partial charge in [0.05, 0.1) is 24.9 Å². The van der Waals surface area contributed by atoms with Crippen LogP contribution in [0.1, 0.15) is 38.3 Å². The number of nitrogens with one attached hydrogen (secondary N) is 1. The Morgan fingerprint density at radius 2 is 2.28 bits per heavy atom. The summed E-state index contributed by atoms with van der Waals surface area (Å²) in [6, 6.07) is 0. The average molecular weight is 252 g/mol. The zero-order chi connectivity index (χ0) is 12.8. The summed E-state index contributed by atoms with van der Waals surface area (Å²) < 4.78 is 7.83. The fourth-order valence-electron chi connectivity index (χ4n) is 2.54. The van der Waals surface area contributed by atoms with Gasteiger partial charge >= 0.3 is 0 Å². The first-order valence-electron chi connectivity index (χ1n) is 6.95. The van der Waals surface area contributed by atoms with Crippen molar-refractivity contribution in [2.45, 2.75) is 51.8 Å². The first kappa shape index (κ1) is 13.5. The van der Waals surface area contributed by atoms with Crippen LogP contribution in [0, 0.1) is 5.92 Å². The summed E-state index contributed by atoms with van der Waals surface area (Å²) in [7, 11) is 1.91. The van der Waals surface area contributed by atoms with Crippen molar-refractivity contribution in [2.75, 3.05) is 13.7 Å². The molecule has 2 unspecified atom stereocenters.